The fourth-order valence-electron chi connectivity index (χ4n) is 3.61. The minimum atomic E-state index is -3.10. The first kappa shape index (κ1) is 20.3. The Morgan fingerprint density at radius 2 is 2.07 bits per heavy atom. The molecular weight excluding hydrogens is 420 g/mol. The molecule has 0 spiro atoms. The van der Waals surface area contributed by atoms with E-state index in [0.29, 0.717) is 30.0 Å². The fourth-order valence-corrected chi connectivity index (χ4v) is 4.93. The van der Waals surface area contributed by atoms with E-state index in [0.717, 1.165) is 5.69 Å². The first-order valence-corrected chi connectivity index (χ1v) is 11.5. The number of ether oxygens (including phenoxy) is 2. The minimum Gasteiger partial charge on any atom is -0.373 e. The summed E-state index contributed by atoms with van der Waals surface area (Å²) in [6.07, 6.45) is 4.46. The van der Waals surface area contributed by atoms with Gasteiger partial charge in [0, 0.05) is 24.9 Å². The van der Waals surface area contributed by atoms with Gasteiger partial charge in [-0.15, -0.1) is 0 Å². The molecule has 10 nitrogen and oxygen atoms in total. The highest BCUT2D eigenvalue weighted by molar-refractivity contribution is 7.91. The van der Waals surface area contributed by atoms with E-state index in [4.69, 9.17) is 21.1 Å². The van der Waals surface area contributed by atoms with Crippen molar-refractivity contribution in [3.8, 4) is 0 Å². The molecule has 0 saturated carbocycles. The number of aryl methyl sites for hydroxylation is 1. The molecule has 2 aromatic rings. The molecular formula is C17H23ClN6O4S. The van der Waals surface area contributed by atoms with Crippen LogP contribution in [0.4, 0.5) is 17.5 Å². The van der Waals surface area contributed by atoms with Crippen molar-refractivity contribution in [1.29, 1.82) is 0 Å². The second kappa shape index (κ2) is 8.05. The molecule has 158 valence electrons. The summed E-state index contributed by atoms with van der Waals surface area (Å²) in [4.78, 5) is 8.62. The first-order chi connectivity index (χ1) is 13.8. The van der Waals surface area contributed by atoms with Gasteiger partial charge in [0.25, 0.3) is 0 Å². The highest BCUT2D eigenvalue weighted by Gasteiger charge is 2.48. The molecule has 0 aromatic carbocycles. The number of halogens is 1. The molecule has 0 aliphatic carbocycles. The van der Waals surface area contributed by atoms with Crippen LogP contribution in [0.2, 0.25) is 5.02 Å². The van der Waals surface area contributed by atoms with Gasteiger partial charge < -0.3 is 20.1 Å². The number of rotatable bonds is 7. The van der Waals surface area contributed by atoms with Gasteiger partial charge in [-0.2, -0.15) is 10.1 Å². The van der Waals surface area contributed by atoms with Crippen molar-refractivity contribution in [2.45, 2.75) is 25.2 Å². The van der Waals surface area contributed by atoms with Crippen LogP contribution in [0.25, 0.3) is 0 Å². The van der Waals surface area contributed by atoms with E-state index in [2.05, 4.69) is 25.7 Å². The summed E-state index contributed by atoms with van der Waals surface area (Å²) in [5, 5.41) is 10.8. The second-order valence-electron chi connectivity index (χ2n) is 7.22. The summed E-state index contributed by atoms with van der Waals surface area (Å²) in [5.41, 5.74) is 0.754. The lowest BCUT2D eigenvalue weighted by atomic mass is 10.0. The Balaban J connectivity index is 1.44. The summed E-state index contributed by atoms with van der Waals surface area (Å²) in [5.74, 6) is 0.854. The maximum Gasteiger partial charge on any atom is 0.229 e. The van der Waals surface area contributed by atoms with Crippen LogP contribution in [0.15, 0.2) is 18.6 Å². The van der Waals surface area contributed by atoms with Crippen LogP contribution in [0.1, 0.15) is 6.92 Å². The highest BCUT2D eigenvalue weighted by Crippen LogP contribution is 2.34. The van der Waals surface area contributed by atoms with Crippen molar-refractivity contribution < 1.29 is 17.9 Å². The maximum absolute atomic E-state index is 12.0. The molecule has 4 unspecified atom stereocenters. The van der Waals surface area contributed by atoms with E-state index >= 15 is 0 Å². The van der Waals surface area contributed by atoms with E-state index in [1.807, 2.05) is 7.05 Å². The van der Waals surface area contributed by atoms with Crippen LogP contribution in [0, 0.1) is 5.92 Å². The Morgan fingerprint density at radius 1 is 1.28 bits per heavy atom. The van der Waals surface area contributed by atoms with E-state index in [1.165, 1.54) is 6.20 Å². The average Bonchev–Trinajstić information content (AvgIpc) is 3.37. The summed E-state index contributed by atoms with van der Waals surface area (Å²) in [7, 11) is -1.28. The van der Waals surface area contributed by atoms with Gasteiger partial charge in [-0.25, -0.2) is 13.4 Å². The molecule has 2 aromatic heterocycles. The molecule has 4 heterocycles. The minimum absolute atomic E-state index is 0.0742. The van der Waals surface area contributed by atoms with Gasteiger partial charge in [-0.3, -0.25) is 4.68 Å². The predicted molar refractivity (Wildman–Crippen MR) is 108 cm³/mol. The van der Waals surface area contributed by atoms with Crippen molar-refractivity contribution >= 4 is 38.9 Å². The molecule has 29 heavy (non-hydrogen) atoms. The number of nitrogens with zero attached hydrogens (tertiary/aromatic N) is 4. The molecule has 2 aliphatic heterocycles. The summed E-state index contributed by atoms with van der Waals surface area (Å²) in [6.45, 7) is 2.39. The molecule has 0 amide bonds. The van der Waals surface area contributed by atoms with Gasteiger partial charge in [0.05, 0.1) is 49.2 Å². The van der Waals surface area contributed by atoms with Crippen LogP contribution >= 0.6 is 11.6 Å². The van der Waals surface area contributed by atoms with Crippen molar-refractivity contribution in [2.24, 2.45) is 13.0 Å². The molecule has 0 radical (unpaired) electrons. The number of fused-ring (bicyclic) bond motifs is 1. The Morgan fingerprint density at radius 3 is 2.79 bits per heavy atom. The van der Waals surface area contributed by atoms with Crippen LogP contribution in [0.3, 0.4) is 0 Å². The van der Waals surface area contributed by atoms with Crippen molar-refractivity contribution in [1.82, 2.24) is 19.7 Å². The zero-order valence-electron chi connectivity index (χ0n) is 16.1. The van der Waals surface area contributed by atoms with E-state index in [-0.39, 0.29) is 35.7 Å². The van der Waals surface area contributed by atoms with E-state index in [1.54, 1.807) is 24.0 Å². The van der Waals surface area contributed by atoms with Gasteiger partial charge >= 0.3 is 0 Å². The van der Waals surface area contributed by atoms with Crippen molar-refractivity contribution in [3.05, 3.63) is 23.6 Å². The molecule has 4 atom stereocenters. The fraction of sp³-hybridized carbons (Fsp3) is 0.588. The van der Waals surface area contributed by atoms with Crippen molar-refractivity contribution in [3.63, 3.8) is 0 Å². The second-order valence-corrected chi connectivity index (χ2v) is 10.0. The number of hydrogen-bond acceptors (Lipinski definition) is 9. The van der Waals surface area contributed by atoms with Gasteiger partial charge in [0.1, 0.15) is 11.1 Å². The third kappa shape index (κ3) is 4.47. The number of aromatic nitrogens is 4. The first-order valence-electron chi connectivity index (χ1n) is 9.33. The number of nitrogens with one attached hydrogen (secondary N) is 2. The van der Waals surface area contributed by atoms with Gasteiger partial charge in [0.2, 0.25) is 5.95 Å². The lowest BCUT2D eigenvalue weighted by Crippen LogP contribution is -2.36. The number of anilines is 3. The third-order valence-electron chi connectivity index (χ3n) is 5.09. The number of sulfone groups is 1. The predicted octanol–water partition coefficient (Wildman–Crippen LogP) is 1.24. The Bertz CT molecular complexity index is 984. The number of hydrogen-bond donors (Lipinski definition) is 2. The van der Waals surface area contributed by atoms with Gasteiger partial charge in [-0.05, 0) is 0 Å². The smallest absolute Gasteiger partial charge is 0.229 e. The zero-order chi connectivity index (χ0) is 20.6. The van der Waals surface area contributed by atoms with Crippen LogP contribution < -0.4 is 10.6 Å². The molecule has 2 aliphatic rings. The largest absolute Gasteiger partial charge is 0.373 e. The molecule has 0 bridgehead atoms. The quantitative estimate of drug-likeness (QED) is 0.652. The van der Waals surface area contributed by atoms with E-state index in [9.17, 15) is 8.42 Å². The van der Waals surface area contributed by atoms with Crippen LogP contribution in [-0.2, 0) is 26.4 Å². The molecule has 2 saturated heterocycles. The highest BCUT2D eigenvalue weighted by atomic mass is 35.5. The maximum atomic E-state index is 12.0. The standard InChI is InChI=1S/C17H23ClN6O4S/c1-3-29(25,26)9-10-7-27-15-13(8-28-14(10)15)22-16-12(18)5-19-17(23-16)21-11-4-20-24(2)6-11/h4-6,10,13-15H,3,7-9H2,1-2H3,(H2,19,21,22,23). The third-order valence-corrected chi connectivity index (χ3v) is 7.18. The Kier molecular flexibility index (Phi) is 5.65. The average molecular weight is 443 g/mol. The molecule has 2 N–H and O–H groups in total. The lowest BCUT2D eigenvalue weighted by molar-refractivity contribution is 0.0656. The molecule has 12 heteroatoms. The van der Waals surface area contributed by atoms with Crippen molar-refractivity contribution in [2.75, 3.05) is 35.4 Å². The summed E-state index contributed by atoms with van der Waals surface area (Å²) < 4.78 is 37.4. The Hall–Kier alpha value is -1.95. The van der Waals surface area contributed by atoms with Gasteiger partial charge in [-0.1, -0.05) is 18.5 Å². The summed E-state index contributed by atoms with van der Waals surface area (Å²) in [6, 6.07) is -0.187. The molecule has 2 fully saturated rings. The normalized spacial score (nSPS) is 26.4. The molecule has 4 rings (SSSR count). The SMILES string of the molecule is CCS(=O)(=O)CC1COC2C(Nc3nc(Nc4cnn(C)c4)ncc3Cl)COC12. The zero-order valence-corrected chi connectivity index (χ0v) is 17.7. The topological polar surface area (TPSA) is 120 Å². The van der Waals surface area contributed by atoms with E-state index < -0.39 is 9.84 Å². The Labute approximate surface area is 173 Å². The summed E-state index contributed by atoms with van der Waals surface area (Å²) >= 11 is 6.27. The van der Waals surface area contributed by atoms with Crippen LogP contribution in [0.5, 0.6) is 0 Å². The lowest BCUT2D eigenvalue weighted by Gasteiger charge is -2.19. The monoisotopic (exact) mass is 442 g/mol. The van der Waals surface area contributed by atoms with Crippen LogP contribution in [-0.4, -0.2) is 71.1 Å². The van der Waals surface area contributed by atoms with Gasteiger partial charge in [0.15, 0.2) is 15.7 Å².